The summed E-state index contributed by atoms with van der Waals surface area (Å²) in [5.41, 5.74) is 1.71. The number of carbonyl (C=O) groups excluding carboxylic acids is 1. The van der Waals surface area contributed by atoms with Gasteiger partial charge in [-0.1, -0.05) is 11.6 Å². The van der Waals surface area contributed by atoms with Crippen LogP contribution < -0.4 is 16.0 Å². The number of morpholine rings is 1. The first-order chi connectivity index (χ1) is 17.1. The van der Waals surface area contributed by atoms with Crippen LogP contribution in [0.5, 0.6) is 0 Å². The van der Waals surface area contributed by atoms with Gasteiger partial charge in [0.05, 0.1) is 17.8 Å². The van der Waals surface area contributed by atoms with E-state index in [-0.39, 0.29) is 22.8 Å². The Hall–Kier alpha value is -2.95. The first-order valence-corrected chi connectivity index (χ1v) is 12.2. The second-order valence-electron chi connectivity index (χ2n) is 8.97. The molecule has 35 heavy (non-hydrogen) atoms. The number of hydrogen-bond acceptors (Lipinski definition) is 9. The minimum atomic E-state index is -0.490. The zero-order valence-corrected chi connectivity index (χ0v) is 19.9. The second-order valence-corrected chi connectivity index (χ2v) is 9.38. The molecular formula is C24H27ClFN7O2. The fraction of sp³-hybridized carbons (Fsp3) is 0.458. The Morgan fingerprint density at radius 2 is 2.06 bits per heavy atom. The van der Waals surface area contributed by atoms with Gasteiger partial charge in [-0.25, -0.2) is 24.3 Å². The summed E-state index contributed by atoms with van der Waals surface area (Å²) in [7, 11) is 0. The summed E-state index contributed by atoms with van der Waals surface area (Å²) in [4.78, 5) is 30.2. The van der Waals surface area contributed by atoms with Crippen molar-refractivity contribution in [2.24, 2.45) is 11.8 Å². The van der Waals surface area contributed by atoms with Gasteiger partial charge in [0.25, 0.3) is 0 Å². The van der Waals surface area contributed by atoms with Gasteiger partial charge in [0, 0.05) is 31.2 Å². The fourth-order valence-corrected chi connectivity index (χ4v) is 4.82. The molecule has 1 saturated heterocycles. The number of hydrogen-bond donors (Lipinski definition) is 3. The number of halogens is 2. The molecule has 3 N–H and O–H groups in total. The van der Waals surface area contributed by atoms with Crippen LogP contribution in [0.15, 0.2) is 30.7 Å². The van der Waals surface area contributed by atoms with Gasteiger partial charge in [0.15, 0.2) is 11.6 Å². The van der Waals surface area contributed by atoms with E-state index in [0.29, 0.717) is 47.6 Å². The number of ketones is 1. The molecule has 9 nitrogen and oxygen atoms in total. The largest absolute Gasteiger partial charge is 0.368 e. The molecule has 1 unspecified atom stereocenters. The minimum absolute atomic E-state index is 0.0182. The average molecular weight is 500 g/mol. The molecule has 0 bridgehead atoms. The number of Topliss-reactive ketones (excluding diaryl/α,β-unsaturated/α-hetero) is 1. The Balaban J connectivity index is 1.19. The smallest absolute Gasteiger partial charge is 0.223 e. The van der Waals surface area contributed by atoms with E-state index in [2.05, 4.69) is 35.9 Å². The third kappa shape index (κ3) is 5.66. The van der Waals surface area contributed by atoms with Crippen molar-refractivity contribution in [3.05, 3.63) is 41.6 Å². The van der Waals surface area contributed by atoms with Gasteiger partial charge in [-0.2, -0.15) is 0 Å². The van der Waals surface area contributed by atoms with E-state index in [0.717, 1.165) is 38.8 Å². The number of aromatic nitrogens is 4. The van der Waals surface area contributed by atoms with Crippen molar-refractivity contribution in [2.45, 2.75) is 31.8 Å². The zero-order valence-electron chi connectivity index (χ0n) is 19.1. The van der Waals surface area contributed by atoms with Crippen LogP contribution in [-0.2, 0) is 9.53 Å². The number of nitrogens with zero attached hydrogens (tertiary/aromatic N) is 4. The van der Waals surface area contributed by atoms with E-state index >= 15 is 0 Å². The maximum Gasteiger partial charge on any atom is 0.223 e. The van der Waals surface area contributed by atoms with Crippen molar-refractivity contribution in [1.29, 1.82) is 0 Å². The molecule has 2 aliphatic rings. The molecule has 184 valence electrons. The highest BCUT2D eigenvalue weighted by Gasteiger charge is 2.32. The number of carbonyl (C=O) groups is 1. The summed E-state index contributed by atoms with van der Waals surface area (Å²) in [6, 6.07) is 4.36. The Kier molecular flexibility index (Phi) is 7.31. The van der Waals surface area contributed by atoms with Gasteiger partial charge in [-0.15, -0.1) is 0 Å². The maximum absolute atomic E-state index is 13.5. The molecule has 2 aromatic heterocycles. The Labute approximate surface area is 207 Å². The Morgan fingerprint density at radius 3 is 2.83 bits per heavy atom. The minimum Gasteiger partial charge on any atom is -0.368 e. The summed E-state index contributed by atoms with van der Waals surface area (Å²) in [6.07, 6.45) is 6.46. The van der Waals surface area contributed by atoms with Crippen molar-refractivity contribution in [3.8, 4) is 0 Å². The van der Waals surface area contributed by atoms with Gasteiger partial charge < -0.3 is 20.7 Å². The molecule has 1 atom stereocenters. The van der Waals surface area contributed by atoms with E-state index < -0.39 is 5.82 Å². The zero-order chi connectivity index (χ0) is 24.2. The first kappa shape index (κ1) is 23.8. The van der Waals surface area contributed by atoms with Crippen LogP contribution in [-0.4, -0.2) is 58.1 Å². The van der Waals surface area contributed by atoms with Crippen molar-refractivity contribution < 1.29 is 13.9 Å². The molecular weight excluding hydrogens is 473 g/mol. The molecule has 3 aromatic rings. The van der Waals surface area contributed by atoms with Crippen molar-refractivity contribution >= 4 is 45.9 Å². The van der Waals surface area contributed by atoms with Crippen LogP contribution in [0.1, 0.15) is 25.7 Å². The lowest BCUT2D eigenvalue weighted by Crippen LogP contribution is -2.45. The number of ether oxygens (including phenoxy) is 1. The lowest BCUT2D eigenvalue weighted by atomic mass is 9.79. The summed E-state index contributed by atoms with van der Waals surface area (Å²) in [5.74, 6) is 1.22. The van der Waals surface area contributed by atoms with Crippen molar-refractivity contribution in [2.75, 3.05) is 36.9 Å². The monoisotopic (exact) mass is 499 g/mol. The SMILES string of the molecule is O=C(C1CCC(CNc2ncc3ncnc(Nc4ccc(F)c(Cl)c4)c3n2)CC1)C1CNCCO1. The van der Waals surface area contributed by atoms with Crippen molar-refractivity contribution in [3.63, 3.8) is 0 Å². The molecule has 1 aliphatic carbocycles. The summed E-state index contributed by atoms with van der Waals surface area (Å²) in [5, 5.41) is 9.70. The van der Waals surface area contributed by atoms with Crippen LogP contribution in [0.4, 0.5) is 21.8 Å². The van der Waals surface area contributed by atoms with E-state index in [4.69, 9.17) is 16.3 Å². The normalized spacial score (nSPS) is 22.6. The molecule has 1 aliphatic heterocycles. The molecule has 2 fully saturated rings. The molecule has 5 rings (SSSR count). The van der Waals surface area contributed by atoms with Crippen LogP contribution in [0.3, 0.4) is 0 Å². The quantitative estimate of drug-likeness (QED) is 0.447. The highest BCUT2D eigenvalue weighted by Crippen LogP contribution is 2.31. The second kappa shape index (κ2) is 10.8. The number of fused-ring (bicyclic) bond motifs is 1. The van der Waals surface area contributed by atoms with Gasteiger partial charge in [-0.05, 0) is 49.8 Å². The third-order valence-electron chi connectivity index (χ3n) is 6.60. The summed E-state index contributed by atoms with van der Waals surface area (Å²) in [6.45, 7) is 2.75. The summed E-state index contributed by atoms with van der Waals surface area (Å²) < 4.78 is 19.1. The van der Waals surface area contributed by atoms with Gasteiger partial charge >= 0.3 is 0 Å². The molecule has 1 aromatic carbocycles. The number of rotatable bonds is 7. The maximum atomic E-state index is 13.5. The molecule has 11 heteroatoms. The van der Waals surface area contributed by atoms with Crippen LogP contribution in [0.2, 0.25) is 5.02 Å². The topological polar surface area (TPSA) is 114 Å². The first-order valence-electron chi connectivity index (χ1n) is 11.9. The van der Waals surface area contributed by atoms with Crippen LogP contribution >= 0.6 is 11.6 Å². The lowest BCUT2D eigenvalue weighted by Gasteiger charge is -2.31. The van der Waals surface area contributed by atoms with E-state index in [1.54, 1.807) is 12.3 Å². The Bertz CT molecular complexity index is 1200. The number of anilines is 3. The van der Waals surface area contributed by atoms with Gasteiger partial charge in [0.1, 0.15) is 29.3 Å². The average Bonchev–Trinajstić information content (AvgIpc) is 2.90. The van der Waals surface area contributed by atoms with Crippen LogP contribution in [0.25, 0.3) is 11.0 Å². The van der Waals surface area contributed by atoms with Gasteiger partial charge in [-0.3, -0.25) is 4.79 Å². The van der Waals surface area contributed by atoms with Crippen LogP contribution in [0, 0.1) is 17.7 Å². The van der Waals surface area contributed by atoms with Crippen molar-refractivity contribution in [1.82, 2.24) is 25.3 Å². The molecule has 0 spiro atoms. The highest BCUT2D eigenvalue weighted by atomic mass is 35.5. The molecule has 0 radical (unpaired) electrons. The Morgan fingerprint density at radius 1 is 1.20 bits per heavy atom. The number of benzene rings is 1. The van der Waals surface area contributed by atoms with E-state index in [1.165, 1.54) is 18.5 Å². The predicted octanol–water partition coefficient (Wildman–Crippen LogP) is 3.73. The lowest BCUT2D eigenvalue weighted by molar-refractivity contribution is -0.137. The predicted molar refractivity (Wildman–Crippen MR) is 131 cm³/mol. The van der Waals surface area contributed by atoms with E-state index in [1.807, 2.05) is 0 Å². The van der Waals surface area contributed by atoms with E-state index in [9.17, 15) is 9.18 Å². The molecule has 3 heterocycles. The molecule has 1 saturated carbocycles. The number of nitrogens with one attached hydrogen (secondary N) is 3. The summed E-state index contributed by atoms with van der Waals surface area (Å²) >= 11 is 5.89. The standard InChI is InChI=1S/C24H27ClFN7O2/c25-17-9-16(5-6-18(17)26)32-23-21-19(30-13-31-23)11-29-24(33-21)28-10-14-1-3-15(4-2-14)22(34)20-12-27-7-8-35-20/h5-6,9,11,13-15,20,27H,1-4,7-8,10,12H2,(H,28,29,33)(H,30,31,32). The highest BCUT2D eigenvalue weighted by molar-refractivity contribution is 6.31. The van der Waals surface area contributed by atoms with Gasteiger partial charge in [0.2, 0.25) is 5.95 Å². The molecule has 0 amide bonds. The third-order valence-corrected chi connectivity index (χ3v) is 6.89. The fourth-order valence-electron chi connectivity index (χ4n) is 4.64.